The van der Waals surface area contributed by atoms with Crippen LogP contribution in [-0.2, 0) is 11.3 Å². The molecule has 2 aliphatic heterocycles. The van der Waals surface area contributed by atoms with Gasteiger partial charge in [-0.3, -0.25) is 10.2 Å². The first-order valence-corrected chi connectivity index (χ1v) is 12.0. The van der Waals surface area contributed by atoms with Gasteiger partial charge in [-0.1, -0.05) is 36.4 Å². The molecule has 2 aromatic carbocycles. The minimum Gasteiger partial charge on any atom is -0.475 e. The Bertz CT molecular complexity index is 1320. The normalized spacial score (nSPS) is 16.3. The molecule has 2 N–H and O–H groups in total. The number of nitrogens with zero attached hydrogens (tertiary/aromatic N) is 4. The van der Waals surface area contributed by atoms with E-state index in [1.165, 1.54) is 6.07 Å². The fourth-order valence-corrected chi connectivity index (χ4v) is 4.19. The summed E-state index contributed by atoms with van der Waals surface area (Å²) in [6.45, 7) is 2.96. The Hall–Kier alpha value is -4.05. The number of halogens is 5. The molecule has 3 heterocycles. The Labute approximate surface area is 221 Å². The van der Waals surface area contributed by atoms with Crippen molar-refractivity contribution < 1.29 is 46.1 Å². The maximum Gasteiger partial charge on any atom is 0.586 e. The van der Waals surface area contributed by atoms with Crippen LogP contribution >= 0.6 is 11.5 Å². The van der Waals surface area contributed by atoms with E-state index in [1.807, 2.05) is 30.3 Å². The Balaban J connectivity index is 0.000000448. The third kappa shape index (κ3) is 7.51. The highest BCUT2D eigenvalue weighted by molar-refractivity contribution is 7.10. The van der Waals surface area contributed by atoms with E-state index in [4.69, 9.17) is 9.90 Å². The second-order valence-electron chi connectivity index (χ2n) is 8.23. The number of benzene rings is 2. The minimum atomic E-state index is -5.08. The molecule has 0 aliphatic carbocycles. The maximum absolute atomic E-state index is 13.2. The smallest absolute Gasteiger partial charge is 0.475 e. The van der Waals surface area contributed by atoms with Gasteiger partial charge in [0.1, 0.15) is 0 Å². The number of ether oxygens (including phenoxy) is 2. The van der Waals surface area contributed by atoms with E-state index < -0.39 is 18.4 Å². The van der Waals surface area contributed by atoms with Gasteiger partial charge >= 0.3 is 24.5 Å². The van der Waals surface area contributed by atoms with E-state index in [-0.39, 0.29) is 17.5 Å². The molecule has 0 spiro atoms. The van der Waals surface area contributed by atoms with Gasteiger partial charge < -0.3 is 19.5 Å². The summed E-state index contributed by atoms with van der Waals surface area (Å²) in [6, 6.07) is 14.1. The standard InChI is InChI=1S/C21H19F2N5O3S.C2HF3O2/c22-21(23)30-16-7-6-14(12-17(16)31-21)13-27-8-10-28(11-9-27)20(29)25-19-24-18(26-32-19)15-4-2-1-3-5-15;3-2(4,5)1(6)7/h1-7,12H,8-11,13H2,(H,24,25,26,29);(H,6,7). The lowest BCUT2D eigenvalue weighted by molar-refractivity contribution is -0.286. The van der Waals surface area contributed by atoms with Crippen molar-refractivity contribution in [1.29, 1.82) is 0 Å². The zero-order valence-corrected chi connectivity index (χ0v) is 20.6. The third-order valence-electron chi connectivity index (χ3n) is 5.45. The number of aliphatic carboxylic acids is 1. The van der Waals surface area contributed by atoms with Crippen molar-refractivity contribution in [2.45, 2.75) is 19.0 Å². The molecule has 208 valence electrons. The molecular weight excluding hydrogens is 553 g/mol. The summed E-state index contributed by atoms with van der Waals surface area (Å²) in [5.74, 6) is -2.10. The second-order valence-corrected chi connectivity index (χ2v) is 8.99. The van der Waals surface area contributed by atoms with E-state index in [1.54, 1.807) is 17.0 Å². The third-order valence-corrected chi connectivity index (χ3v) is 6.08. The van der Waals surface area contributed by atoms with Gasteiger partial charge in [0.25, 0.3) is 0 Å². The van der Waals surface area contributed by atoms with Gasteiger partial charge in [-0.2, -0.15) is 22.5 Å². The number of carbonyl (C=O) groups excluding carboxylic acids is 1. The number of hydrogen-bond donors (Lipinski definition) is 2. The lowest BCUT2D eigenvalue weighted by atomic mass is 10.1. The molecule has 5 rings (SSSR count). The highest BCUT2D eigenvalue weighted by Crippen LogP contribution is 2.41. The number of carboxylic acid groups (broad SMARTS) is 1. The van der Waals surface area contributed by atoms with Crippen molar-refractivity contribution in [2.75, 3.05) is 31.5 Å². The van der Waals surface area contributed by atoms with Gasteiger partial charge in [0.2, 0.25) is 5.13 Å². The molecule has 0 saturated carbocycles. The fraction of sp³-hybridized carbons (Fsp3) is 0.304. The average molecular weight is 574 g/mol. The first kappa shape index (κ1) is 28.0. The van der Waals surface area contributed by atoms with Crippen LogP contribution in [0.25, 0.3) is 11.4 Å². The molecule has 0 bridgehead atoms. The molecule has 2 aliphatic rings. The maximum atomic E-state index is 13.2. The largest absolute Gasteiger partial charge is 0.586 e. The van der Waals surface area contributed by atoms with E-state index in [9.17, 15) is 26.7 Å². The summed E-state index contributed by atoms with van der Waals surface area (Å²) in [5, 5.41) is 10.4. The summed E-state index contributed by atoms with van der Waals surface area (Å²) in [6.07, 6.45) is -8.70. The van der Waals surface area contributed by atoms with Crippen molar-refractivity contribution >= 4 is 28.7 Å². The Kier molecular flexibility index (Phi) is 8.15. The van der Waals surface area contributed by atoms with Crippen LogP contribution in [0.4, 0.5) is 31.9 Å². The zero-order chi connectivity index (χ0) is 28.2. The van der Waals surface area contributed by atoms with Gasteiger partial charge in [0.15, 0.2) is 17.3 Å². The Morgan fingerprint density at radius 1 is 1.03 bits per heavy atom. The molecule has 3 aromatic rings. The van der Waals surface area contributed by atoms with Crippen LogP contribution in [0, 0.1) is 0 Å². The molecule has 0 unspecified atom stereocenters. The summed E-state index contributed by atoms with van der Waals surface area (Å²) in [4.78, 5) is 29.8. The van der Waals surface area contributed by atoms with E-state index in [0.717, 1.165) is 22.7 Å². The number of aromatic nitrogens is 2. The van der Waals surface area contributed by atoms with Crippen LogP contribution in [0.1, 0.15) is 5.56 Å². The SMILES string of the molecule is O=C(Nc1nc(-c2ccccc2)ns1)N1CCN(Cc2ccc3c(c2)OC(F)(F)O3)CC1.O=C(O)C(F)(F)F. The Morgan fingerprint density at radius 3 is 2.31 bits per heavy atom. The van der Waals surface area contributed by atoms with Gasteiger partial charge in [0, 0.05) is 49.8 Å². The number of alkyl halides is 5. The highest BCUT2D eigenvalue weighted by atomic mass is 32.1. The van der Waals surface area contributed by atoms with Crippen molar-refractivity contribution in [3.8, 4) is 22.9 Å². The first-order valence-electron chi connectivity index (χ1n) is 11.3. The summed E-state index contributed by atoms with van der Waals surface area (Å²) < 4.78 is 71.3. The molecule has 0 atom stereocenters. The summed E-state index contributed by atoms with van der Waals surface area (Å²) in [7, 11) is 0. The molecule has 0 radical (unpaired) electrons. The van der Waals surface area contributed by atoms with Gasteiger partial charge in [0.05, 0.1) is 0 Å². The topological polar surface area (TPSA) is 117 Å². The number of fused-ring (bicyclic) bond motifs is 1. The molecule has 2 amide bonds. The monoisotopic (exact) mass is 573 g/mol. The number of carbonyl (C=O) groups is 2. The van der Waals surface area contributed by atoms with Crippen LogP contribution in [0.15, 0.2) is 48.5 Å². The average Bonchev–Trinajstić information content (AvgIpc) is 3.47. The Morgan fingerprint density at radius 2 is 1.67 bits per heavy atom. The zero-order valence-electron chi connectivity index (χ0n) is 19.8. The molecule has 1 aromatic heterocycles. The number of anilines is 1. The van der Waals surface area contributed by atoms with Crippen molar-refractivity contribution in [2.24, 2.45) is 0 Å². The van der Waals surface area contributed by atoms with Crippen LogP contribution in [0.3, 0.4) is 0 Å². The minimum absolute atomic E-state index is 0.0346. The number of urea groups is 1. The quantitative estimate of drug-likeness (QED) is 0.438. The number of carboxylic acids is 1. The predicted molar refractivity (Wildman–Crippen MR) is 128 cm³/mol. The van der Waals surface area contributed by atoms with Crippen molar-refractivity contribution in [3.63, 3.8) is 0 Å². The van der Waals surface area contributed by atoms with E-state index in [0.29, 0.717) is 43.7 Å². The summed E-state index contributed by atoms with van der Waals surface area (Å²) in [5.41, 5.74) is 1.73. The highest BCUT2D eigenvalue weighted by Gasteiger charge is 2.43. The van der Waals surface area contributed by atoms with Crippen LogP contribution in [-0.4, -0.2) is 74.9 Å². The lowest BCUT2D eigenvalue weighted by Crippen LogP contribution is -2.49. The number of hydrogen-bond acceptors (Lipinski definition) is 8. The second kappa shape index (κ2) is 11.4. The molecule has 39 heavy (non-hydrogen) atoms. The molecule has 10 nitrogen and oxygen atoms in total. The number of piperazine rings is 1. The summed E-state index contributed by atoms with van der Waals surface area (Å²) >= 11 is 1.14. The van der Waals surface area contributed by atoms with Crippen molar-refractivity contribution in [3.05, 3.63) is 54.1 Å². The van der Waals surface area contributed by atoms with Gasteiger partial charge in [-0.25, -0.2) is 9.59 Å². The predicted octanol–water partition coefficient (Wildman–Crippen LogP) is 4.51. The van der Waals surface area contributed by atoms with E-state index in [2.05, 4.69) is 29.0 Å². The molecular formula is C23H20F5N5O5S. The molecule has 16 heteroatoms. The lowest BCUT2D eigenvalue weighted by Gasteiger charge is -2.34. The number of nitrogens with one attached hydrogen (secondary N) is 1. The van der Waals surface area contributed by atoms with Gasteiger partial charge in [-0.15, -0.1) is 8.78 Å². The first-order chi connectivity index (χ1) is 18.4. The number of rotatable bonds is 4. The van der Waals surface area contributed by atoms with Crippen LogP contribution in [0.5, 0.6) is 11.5 Å². The fourth-order valence-electron chi connectivity index (χ4n) is 3.61. The van der Waals surface area contributed by atoms with E-state index >= 15 is 0 Å². The molecule has 1 saturated heterocycles. The molecule has 1 fully saturated rings. The number of amides is 2. The van der Waals surface area contributed by atoms with Gasteiger partial charge in [-0.05, 0) is 17.7 Å². The van der Waals surface area contributed by atoms with Crippen LogP contribution < -0.4 is 14.8 Å². The van der Waals surface area contributed by atoms with Crippen LogP contribution in [0.2, 0.25) is 0 Å². The van der Waals surface area contributed by atoms with Crippen molar-refractivity contribution in [1.82, 2.24) is 19.2 Å².